The van der Waals surface area contributed by atoms with Crippen molar-refractivity contribution in [3.05, 3.63) is 83.2 Å². The van der Waals surface area contributed by atoms with Gasteiger partial charge < -0.3 is 19.7 Å². The molecule has 1 atom stereocenters. The van der Waals surface area contributed by atoms with E-state index in [1.807, 2.05) is 6.92 Å². The number of carbonyl (C=O) groups excluding carboxylic acids is 2. The van der Waals surface area contributed by atoms with Gasteiger partial charge in [-0.25, -0.2) is 9.37 Å². The second-order valence-electron chi connectivity index (χ2n) is 8.17. The van der Waals surface area contributed by atoms with Crippen molar-refractivity contribution >= 4 is 44.1 Å². The number of aromatic hydroxyl groups is 1. The Bertz CT molecular complexity index is 1580. The molecule has 1 unspecified atom stereocenters. The number of halogens is 1. The standard InChI is InChI=1S/C27H21FN2O6S/c1-3-36-17-6-4-5-15(11-17)24(32)22-23(14-7-10-19(31)20(12-14)35-2)30(26(34)25(22)33)27-29-18-9-8-16(28)13-21(18)37-27/h4-13,23,31-32H,3H2,1-2H3. The number of methoxy groups -OCH3 is 1. The summed E-state index contributed by atoms with van der Waals surface area (Å²) in [7, 11) is 1.37. The Labute approximate surface area is 214 Å². The molecule has 0 saturated carbocycles. The van der Waals surface area contributed by atoms with Gasteiger partial charge >= 0.3 is 5.91 Å². The molecular formula is C27H21FN2O6S. The lowest BCUT2D eigenvalue weighted by molar-refractivity contribution is -0.132. The van der Waals surface area contributed by atoms with Crippen LogP contribution >= 0.6 is 11.3 Å². The lowest BCUT2D eigenvalue weighted by Crippen LogP contribution is -2.29. The maximum atomic E-state index is 13.8. The Morgan fingerprint density at radius 3 is 2.70 bits per heavy atom. The molecule has 2 heterocycles. The lowest BCUT2D eigenvalue weighted by atomic mass is 9.95. The predicted molar refractivity (Wildman–Crippen MR) is 137 cm³/mol. The van der Waals surface area contributed by atoms with Gasteiger partial charge in [-0.2, -0.15) is 0 Å². The minimum atomic E-state index is -1.10. The molecule has 1 aliphatic rings. The summed E-state index contributed by atoms with van der Waals surface area (Å²) in [5.41, 5.74) is 0.958. The molecule has 8 nitrogen and oxygen atoms in total. The second kappa shape index (κ2) is 9.55. The van der Waals surface area contributed by atoms with E-state index in [4.69, 9.17) is 9.47 Å². The monoisotopic (exact) mass is 520 g/mol. The Balaban J connectivity index is 1.73. The van der Waals surface area contributed by atoms with Crippen molar-refractivity contribution in [2.75, 3.05) is 18.6 Å². The van der Waals surface area contributed by atoms with Gasteiger partial charge in [-0.1, -0.05) is 29.5 Å². The van der Waals surface area contributed by atoms with Crippen LogP contribution in [0.15, 0.2) is 66.2 Å². The Hall–Kier alpha value is -4.44. The minimum absolute atomic E-state index is 0.118. The van der Waals surface area contributed by atoms with Gasteiger partial charge in [0.25, 0.3) is 5.78 Å². The average molecular weight is 521 g/mol. The lowest BCUT2D eigenvalue weighted by Gasteiger charge is -2.23. The highest BCUT2D eigenvalue weighted by Gasteiger charge is 2.48. The van der Waals surface area contributed by atoms with Crippen molar-refractivity contribution in [1.82, 2.24) is 4.98 Å². The molecule has 37 heavy (non-hydrogen) atoms. The Kier molecular flexibility index (Phi) is 6.26. The highest BCUT2D eigenvalue weighted by atomic mass is 32.1. The third-order valence-electron chi connectivity index (χ3n) is 5.93. The number of carbonyl (C=O) groups is 2. The topological polar surface area (TPSA) is 109 Å². The second-order valence-corrected chi connectivity index (χ2v) is 9.18. The summed E-state index contributed by atoms with van der Waals surface area (Å²) >= 11 is 1.04. The first kappa shape index (κ1) is 24.3. The normalized spacial score (nSPS) is 16.9. The molecule has 1 saturated heterocycles. The van der Waals surface area contributed by atoms with Crippen LogP contribution in [0.5, 0.6) is 17.2 Å². The highest BCUT2D eigenvalue weighted by molar-refractivity contribution is 7.22. The molecule has 2 N–H and O–H groups in total. The molecular weight excluding hydrogens is 499 g/mol. The number of phenolic OH excluding ortho intramolecular Hbond substituents is 1. The van der Waals surface area contributed by atoms with Crippen molar-refractivity contribution in [2.45, 2.75) is 13.0 Å². The molecule has 0 aliphatic carbocycles. The number of aliphatic hydroxyl groups is 1. The van der Waals surface area contributed by atoms with E-state index in [0.29, 0.717) is 28.1 Å². The van der Waals surface area contributed by atoms with Gasteiger partial charge in [0.2, 0.25) is 0 Å². The van der Waals surface area contributed by atoms with Crippen LogP contribution in [0, 0.1) is 5.82 Å². The quantitative estimate of drug-likeness (QED) is 0.205. The van der Waals surface area contributed by atoms with E-state index in [1.54, 1.807) is 24.3 Å². The predicted octanol–water partition coefficient (Wildman–Crippen LogP) is 5.17. The SMILES string of the molecule is CCOc1cccc(C(O)=C2C(=O)C(=O)N(c3nc4ccc(F)cc4s3)C2c2ccc(O)c(OC)c2)c1. The van der Waals surface area contributed by atoms with E-state index < -0.39 is 29.3 Å². The number of amides is 1. The van der Waals surface area contributed by atoms with Crippen LogP contribution in [0.2, 0.25) is 0 Å². The summed E-state index contributed by atoms with van der Waals surface area (Å²) in [6, 6.07) is 13.9. The number of thiazole rings is 1. The van der Waals surface area contributed by atoms with Crippen LogP contribution in [0.1, 0.15) is 24.1 Å². The molecule has 1 aromatic heterocycles. The van der Waals surface area contributed by atoms with Gasteiger partial charge in [0.05, 0.1) is 35.5 Å². The molecule has 1 fully saturated rings. The van der Waals surface area contributed by atoms with Crippen molar-refractivity contribution in [1.29, 1.82) is 0 Å². The van der Waals surface area contributed by atoms with E-state index in [0.717, 1.165) is 11.3 Å². The van der Waals surface area contributed by atoms with E-state index in [2.05, 4.69) is 4.98 Å². The van der Waals surface area contributed by atoms with Gasteiger partial charge in [-0.3, -0.25) is 14.5 Å². The number of ether oxygens (including phenoxy) is 2. The minimum Gasteiger partial charge on any atom is -0.507 e. The van der Waals surface area contributed by atoms with Crippen LogP contribution < -0.4 is 14.4 Å². The molecule has 4 aromatic rings. The first-order valence-corrected chi connectivity index (χ1v) is 12.1. The first-order chi connectivity index (χ1) is 17.8. The van der Waals surface area contributed by atoms with E-state index in [1.165, 1.54) is 48.4 Å². The van der Waals surface area contributed by atoms with E-state index in [9.17, 15) is 24.2 Å². The van der Waals surface area contributed by atoms with Gasteiger partial charge in [0.1, 0.15) is 17.3 Å². The summed E-state index contributed by atoms with van der Waals surface area (Å²) in [5, 5.41) is 21.6. The molecule has 5 rings (SSSR count). The summed E-state index contributed by atoms with van der Waals surface area (Å²) in [6.45, 7) is 2.22. The van der Waals surface area contributed by atoms with E-state index in [-0.39, 0.29) is 27.8 Å². The fourth-order valence-electron chi connectivity index (χ4n) is 4.25. The van der Waals surface area contributed by atoms with Crippen LogP contribution in [0.3, 0.4) is 0 Å². The van der Waals surface area contributed by atoms with Gasteiger partial charge in [0.15, 0.2) is 16.6 Å². The smallest absolute Gasteiger partial charge is 0.301 e. The number of benzene rings is 3. The van der Waals surface area contributed by atoms with Crippen molar-refractivity contribution in [3.8, 4) is 17.2 Å². The van der Waals surface area contributed by atoms with Crippen LogP contribution in [0.4, 0.5) is 9.52 Å². The largest absolute Gasteiger partial charge is 0.507 e. The number of Topliss-reactive ketones (excluding diaryl/α,β-unsaturated/α-hetero) is 1. The fourth-order valence-corrected chi connectivity index (χ4v) is 5.27. The number of aromatic nitrogens is 1. The third kappa shape index (κ3) is 4.25. The number of anilines is 1. The maximum absolute atomic E-state index is 13.8. The number of phenols is 1. The average Bonchev–Trinajstić information content (AvgIpc) is 3.42. The molecule has 0 spiro atoms. The van der Waals surface area contributed by atoms with Crippen molar-refractivity contribution in [3.63, 3.8) is 0 Å². The summed E-state index contributed by atoms with van der Waals surface area (Å²) in [5.74, 6) is -2.21. The zero-order valence-electron chi connectivity index (χ0n) is 19.8. The van der Waals surface area contributed by atoms with Crippen LogP contribution in [0.25, 0.3) is 16.0 Å². The number of hydrogen-bond acceptors (Lipinski definition) is 8. The molecule has 0 radical (unpaired) electrons. The van der Waals surface area contributed by atoms with Crippen LogP contribution in [-0.2, 0) is 9.59 Å². The zero-order chi connectivity index (χ0) is 26.3. The van der Waals surface area contributed by atoms with Crippen LogP contribution in [-0.4, -0.2) is 40.6 Å². The molecule has 188 valence electrons. The number of hydrogen-bond donors (Lipinski definition) is 2. The van der Waals surface area contributed by atoms with Crippen molar-refractivity contribution < 1.29 is 33.7 Å². The van der Waals surface area contributed by atoms with Gasteiger partial charge in [0, 0.05) is 5.56 Å². The molecule has 3 aromatic carbocycles. The number of fused-ring (bicyclic) bond motifs is 1. The summed E-state index contributed by atoms with van der Waals surface area (Å²) < 4.78 is 25.1. The molecule has 1 amide bonds. The van der Waals surface area contributed by atoms with E-state index >= 15 is 0 Å². The zero-order valence-corrected chi connectivity index (χ0v) is 20.6. The molecule has 1 aliphatic heterocycles. The van der Waals surface area contributed by atoms with Crippen molar-refractivity contribution in [2.24, 2.45) is 0 Å². The summed E-state index contributed by atoms with van der Waals surface area (Å²) in [6.07, 6.45) is 0. The highest BCUT2D eigenvalue weighted by Crippen LogP contribution is 2.45. The summed E-state index contributed by atoms with van der Waals surface area (Å²) in [4.78, 5) is 32.4. The molecule has 10 heteroatoms. The number of ketones is 1. The third-order valence-corrected chi connectivity index (χ3v) is 6.95. The number of rotatable bonds is 6. The number of aliphatic hydroxyl groups excluding tert-OH is 1. The molecule has 0 bridgehead atoms. The van der Waals surface area contributed by atoms with Gasteiger partial charge in [-0.15, -0.1) is 0 Å². The fraction of sp³-hybridized carbons (Fsp3) is 0.148. The number of nitrogens with zero attached hydrogens (tertiary/aromatic N) is 2. The Morgan fingerprint density at radius 2 is 1.95 bits per heavy atom. The first-order valence-electron chi connectivity index (χ1n) is 11.3. The maximum Gasteiger partial charge on any atom is 0.301 e. The van der Waals surface area contributed by atoms with Gasteiger partial charge in [-0.05, 0) is 55.0 Å². The Morgan fingerprint density at radius 1 is 1.14 bits per heavy atom.